The van der Waals surface area contributed by atoms with Crippen LogP contribution in [0.4, 0.5) is 10.1 Å². The minimum Gasteiger partial charge on any atom is -0.347 e. The smallest absolute Gasteiger partial charge is 0.263 e. The van der Waals surface area contributed by atoms with E-state index in [4.69, 9.17) is 0 Å². The normalized spacial score (nSPS) is 15.8. The van der Waals surface area contributed by atoms with Crippen molar-refractivity contribution in [2.75, 3.05) is 11.4 Å². The van der Waals surface area contributed by atoms with Crippen LogP contribution < -0.4 is 15.8 Å². The summed E-state index contributed by atoms with van der Waals surface area (Å²) in [5.41, 5.74) is 2.01. The number of amides is 2. The maximum atomic E-state index is 13.2. The first-order valence-corrected chi connectivity index (χ1v) is 10.5. The summed E-state index contributed by atoms with van der Waals surface area (Å²) >= 11 is 0. The first-order chi connectivity index (χ1) is 15.4. The molecule has 1 atom stereocenters. The van der Waals surface area contributed by atoms with Gasteiger partial charge in [0, 0.05) is 31.4 Å². The average Bonchev–Trinajstić information content (AvgIpc) is 3.14. The van der Waals surface area contributed by atoms with E-state index in [1.54, 1.807) is 23.8 Å². The Bertz CT molecular complexity index is 1190. The molecule has 4 rings (SSSR count). The molecule has 7 heteroatoms. The lowest BCUT2D eigenvalue weighted by Gasteiger charge is -2.17. The van der Waals surface area contributed by atoms with Crippen molar-refractivity contribution in [1.82, 2.24) is 9.88 Å². The molecule has 164 valence electrons. The van der Waals surface area contributed by atoms with E-state index in [1.807, 2.05) is 30.3 Å². The molecule has 2 amide bonds. The summed E-state index contributed by atoms with van der Waals surface area (Å²) in [7, 11) is 0. The lowest BCUT2D eigenvalue weighted by molar-refractivity contribution is -0.117. The number of pyridine rings is 1. The van der Waals surface area contributed by atoms with Crippen molar-refractivity contribution in [3.8, 4) is 0 Å². The Morgan fingerprint density at radius 2 is 1.78 bits per heavy atom. The topological polar surface area (TPSA) is 71.4 Å². The summed E-state index contributed by atoms with van der Waals surface area (Å²) in [5, 5.41) is 2.83. The zero-order valence-electron chi connectivity index (χ0n) is 17.8. The van der Waals surface area contributed by atoms with Gasteiger partial charge in [0.05, 0.1) is 6.04 Å². The third-order valence-corrected chi connectivity index (χ3v) is 5.68. The standard InChI is InChI=1S/C25H24FN3O3/c1-17-11-13-28(14-12-18-5-3-2-4-6-18)25(32)23(17)24(31)27-20-15-22(30)29(16-20)21-9-7-19(26)8-10-21/h2-11,13,20H,12,14-16H2,1H3,(H,27,31). The molecule has 0 aliphatic carbocycles. The fraction of sp³-hybridized carbons (Fsp3) is 0.240. The maximum Gasteiger partial charge on any atom is 0.263 e. The number of hydrogen-bond acceptors (Lipinski definition) is 3. The lowest BCUT2D eigenvalue weighted by atomic mass is 10.1. The molecular weight excluding hydrogens is 409 g/mol. The molecular formula is C25H24FN3O3. The molecule has 1 aromatic heterocycles. The minimum absolute atomic E-state index is 0.0910. The number of carbonyl (C=O) groups is 2. The monoisotopic (exact) mass is 433 g/mol. The number of nitrogens with zero attached hydrogens (tertiary/aromatic N) is 2. The fourth-order valence-corrected chi connectivity index (χ4v) is 3.94. The minimum atomic E-state index is -0.486. The molecule has 1 aliphatic rings. The predicted molar refractivity (Wildman–Crippen MR) is 120 cm³/mol. The van der Waals surface area contributed by atoms with Gasteiger partial charge in [-0.1, -0.05) is 30.3 Å². The number of carbonyl (C=O) groups excluding carboxylic acids is 2. The second-order valence-corrected chi connectivity index (χ2v) is 7.96. The SMILES string of the molecule is Cc1ccn(CCc2ccccc2)c(=O)c1C(=O)NC1CC(=O)N(c2ccc(F)cc2)C1. The summed E-state index contributed by atoms with van der Waals surface area (Å²) in [6.45, 7) is 2.45. The van der Waals surface area contributed by atoms with Crippen molar-refractivity contribution < 1.29 is 14.0 Å². The van der Waals surface area contributed by atoms with Gasteiger partial charge in [-0.2, -0.15) is 0 Å². The Morgan fingerprint density at radius 3 is 2.50 bits per heavy atom. The predicted octanol–water partition coefficient (Wildman–Crippen LogP) is 3.07. The van der Waals surface area contributed by atoms with Crippen LogP contribution in [-0.2, 0) is 17.8 Å². The molecule has 32 heavy (non-hydrogen) atoms. The Morgan fingerprint density at radius 1 is 1.06 bits per heavy atom. The molecule has 0 saturated carbocycles. The first-order valence-electron chi connectivity index (χ1n) is 10.5. The van der Waals surface area contributed by atoms with Gasteiger partial charge in [-0.3, -0.25) is 14.4 Å². The molecule has 2 aromatic carbocycles. The van der Waals surface area contributed by atoms with Gasteiger partial charge < -0.3 is 14.8 Å². The molecule has 0 bridgehead atoms. The Kier molecular flexibility index (Phi) is 6.16. The van der Waals surface area contributed by atoms with Gasteiger partial charge in [0.15, 0.2) is 0 Å². The van der Waals surface area contributed by atoms with E-state index in [0.29, 0.717) is 24.2 Å². The Labute approximate surface area is 185 Å². The molecule has 1 saturated heterocycles. The van der Waals surface area contributed by atoms with Gasteiger partial charge in [-0.05, 0) is 54.8 Å². The average molecular weight is 433 g/mol. The van der Waals surface area contributed by atoms with Gasteiger partial charge in [-0.25, -0.2) is 4.39 Å². The summed E-state index contributed by atoms with van der Waals surface area (Å²) in [4.78, 5) is 39.9. The van der Waals surface area contributed by atoms with Crippen molar-refractivity contribution in [3.63, 3.8) is 0 Å². The van der Waals surface area contributed by atoms with Crippen LogP contribution in [0.2, 0.25) is 0 Å². The van der Waals surface area contributed by atoms with Crippen LogP contribution in [0.1, 0.15) is 27.9 Å². The van der Waals surface area contributed by atoms with E-state index in [-0.39, 0.29) is 35.8 Å². The summed E-state index contributed by atoms with van der Waals surface area (Å²) in [6.07, 6.45) is 2.50. The fourth-order valence-electron chi connectivity index (χ4n) is 3.94. The third-order valence-electron chi connectivity index (χ3n) is 5.68. The van der Waals surface area contributed by atoms with E-state index < -0.39 is 11.9 Å². The van der Waals surface area contributed by atoms with Crippen molar-refractivity contribution in [1.29, 1.82) is 0 Å². The highest BCUT2D eigenvalue weighted by Crippen LogP contribution is 2.22. The Balaban J connectivity index is 1.46. The second-order valence-electron chi connectivity index (χ2n) is 7.96. The summed E-state index contributed by atoms with van der Waals surface area (Å²) in [5.74, 6) is -1.03. The number of aryl methyl sites for hydroxylation is 3. The van der Waals surface area contributed by atoms with Crippen molar-refractivity contribution in [3.05, 3.63) is 99.7 Å². The van der Waals surface area contributed by atoms with Gasteiger partial charge >= 0.3 is 0 Å². The first kappa shape index (κ1) is 21.5. The van der Waals surface area contributed by atoms with Gasteiger partial charge in [0.25, 0.3) is 11.5 Å². The van der Waals surface area contributed by atoms with E-state index in [0.717, 1.165) is 5.56 Å². The molecule has 2 heterocycles. The molecule has 1 aliphatic heterocycles. The van der Waals surface area contributed by atoms with Crippen LogP contribution in [-0.4, -0.2) is 29.0 Å². The van der Waals surface area contributed by atoms with Crippen LogP contribution in [0.25, 0.3) is 0 Å². The van der Waals surface area contributed by atoms with Gasteiger partial charge in [-0.15, -0.1) is 0 Å². The lowest BCUT2D eigenvalue weighted by Crippen LogP contribution is -2.41. The molecule has 3 aromatic rings. The van der Waals surface area contributed by atoms with E-state index in [2.05, 4.69) is 5.32 Å². The van der Waals surface area contributed by atoms with Crippen molar-refractivity contribution in [2.24, 2.45) is 0 Å². The summed E-state index contributed by atoms with van der Waals surface area (Å²) in [6, 6.07) is 16.8. The number of hydrogen-bond donors (Lipinski definition) is 1. The van der Waals surface area contributed by atoms with Gasteiger partial charge in [0.1, 0.15) is 11.4 Å². The number of nitrogens with one attached hydrogen (secondary N) is 1. The molecule has 1 N–H and O–H groups in total. The molecule has 0 spiro atoms. The maximum absolute atomic E-state index is 13.2. The van der Waals surface area contributed by atoms with Crippen molar-refractivity contribution >= 4 is 17.5 Å². The van der Waals surface area contributed by atoms with Crippen LogP contribution in [0.15, 0.2) is 71.7 Å². The highest BCUT2D eigenvalue weighted by Gasteiger charge is 2.32. The van der Waals surface area contributed by atoms with Crippen LogP contribution in [0.5, 0.6) is 0 Å². The number of aromatic nitrogens is 1. The van der Waals surface area contributed by atoms with Crippen LogP contribution >= 0.6 is 0 Å². The number of benzene rings is 2. The Hall–Kier alpha value is -3.74. The summed E-state index contributed by atoms with van der Waals surface area (Å²) < 4.78 is 14.7. The highest BCUT2D eigenvalue weighted by atomic mass is 19.1. The van der Waals surface area contributed by atoms with Crippen molar-refractivity contribution in [2.45, 2.75) is 32.4 Å². The zero-order chi connectivity index (χ0) is 22.7. The van der Waals surface area contributed by atoms with E-state index >= 15 is 0 Å². The molecule has 0 radical (unpaired) electrons. The number of rotatable bonds is 6. The second kappa shape index (κ2) is 9.18. The third kappa shape index (κ3) is 4.61. The van der Waals surface area contributed by atoms with E-state index in [1.165, 1.54) is 29.2 Å². The number of anilines is 1. The largest absolute Gasteiger partial charge is 0.347 e. The van der Waals surface area contributed by atoms with Gasteiger partial charge in [0.2, 0.25) is 5.91 Å². The van der Waals surface area contributed by atoms with E-state index in [9.17, 15) is 18.8 Å². The molecule has 1 fully saturated rings. The number of halogens is 1. The molecule has 1 unspecified atom stereocenters. The highest BCUT2D eigenvalue weighted by molar-refractivity contribution is 5.99. The van der Waals surface area contributed by atoms with Crippen LogP contribution in [0.3, 0.4) is 0 Å². The van der Waals surface area contributed by atoms with Crippen LogP contribution in [0, 0.1) is 12.7 Å². The zero-order valence-corrected chi connectivity index (χ0v) is 17.8. The quantitative estimate of drug-likeness (QED) is 0.650. The molecule has 6 nitrogen and oxygen atoms in total.